The number of nitrogens with one attached hydrogen (secondary N) is 1. The summed E-state index contributed by atoms with van der Waals surface area (Å²) in [6, 6.07) is 6.43. The second kappa shape index (κ2) is 4.98. The molecule has 0 aliphatic carbocycles. The molecule has 2 aromatic rings. The minimum Gasteiger partial charge on any atom is -0.308 e. The van der Waals surface area contributed by atoms with Crippen molar-refractivity contribution in [1.29, 1.82) is 0 Å². The van der Waals surface area contributed by atoms with Crippen molar-refractivity contribution in [2.24, 2.45) is 7.05 Å². The monoisotopic (exact) mass is 294 g/mol. The van der Waals surface area contributed by atoms with Gasteiger partial charge in [0.1, 0.15) is 0 Å². The molecule has 0 saturated carbocycles. The number of halogens is 1. The number of hydrogen-bond donors (Lipinski definition) is 1. The molecular formula is C12H15BrN4. The zero-order valence-corrected chi connectivity index (χ0v) is 11.7. The Morgan fingerprint density at radius 3 is 2.71 bits per heavy atom. The van der Waals surface area contributed by atoms with Crippen LogP contribution in [-0.4, -0.2) is 22.0 Å². The van der Waals surface area contributed by atoms with Crippen molar-refractivity contribution in [3.05, 3.63) is 45.7 Å². The van der Waals surface area contributed by atoms with Crippen LogP contribution in [0.1, 0.15) is 22.9 Å². The molecule has 2 rings (SSSR count). The molecule has 0 aliphatic rings. The maximum absolute atomic E-state index is 3.97. The van der Waals surface area contributed by atoms with Crippen molar-refractivity contribution < 1.29 is 0 Å². The van der Waals surface area contributed by atoms with Crippen LogP contribution in [-0.2, 0) is 7.05 Å². The van der Waals surface area contributed by atoms with Crippen molar-refractivity contribution in [2.75, 3.05) is 7.05 Å². The summed E-state index contributed by atoms with van der Waals surface area (Å²) in [6.07, 6.45) is 1.79. The molecule has 0 amide bonds. The molecule has 0 radical (unpaired) electrons. The third kappa shape index (κ3) is 2.40. The Hall–Kier alpha value is -1.20. The highest BCUT2D eigenvalue weighted by molar-refractivity contribution is 9.10. The van der Waals surface area contributed by atoms with Crippen LogP contribution in [0.5, 0.6) is 0 Å². The maximum atomic E-state index is 3.97. The predicted molar refractivity (Wildman–Crippen MR) is 70.8 cm³/mol. The minimum absolute atomic E-state index is 0.0879. The van der Waals surface area contributed by atoms with Crippen molar-refractivity contribution >= 4 is 15.9 Å². The van der Waals surface area contributed by atoms with E-state index in [1.165, 1.54) is 11.1 Å². The highest BCUT2D eigenvalue weighted by Gasteiger charge is 2.18. The van der Waals surface area contributed by atoms with Gasteiger partial charge in [0, 0.05) is 11.5 Å². The topological polar surface area (TPSA) is 42.7 Å². The molecule has 0 bridgehead atoms. The van der Waals surface area contributed by atoms with Crippen LogP contribution in [0.2, 0.25) is 0 Å². The molecule has 0 aliphatic heterocycles. The Morgan fingerprint density at radius 1 is 1.41 bits per heavy atom. The smallest absolute Gasteiger partial charge is 0.0798 e. The van der Waals surface area contributed by atoms with Gasteiger partial charge in [0.2, 0.25) is 0 Å². The first-order valence-corrected chi connectivity index (χ1v) is 6.20. The fourth-order valence-electron chi connectivity index (χ4n) is 1.89. The molecule has 1 unspecified atom stereocenters. The van der Waals surface area contributed by atoms with E-state index in [9.17, 15) is 0 Å². The van der Waals surface area contributed by atoms with Gasteiger partial charge in [0.15, 0.2) is 0 Å². The van der Waals surface area contributed by atoms with Crippen LogP contribution in [0.15, 0.2) is 28.9 Å². The summed E-state index contributed by atoms with van der Waals surface area (Å²) in [6.45, 7) is 2.08. The van der Waals surface area contributed by atoms with Gasteiger partial charge < -0.3 is 5.32 Å². The second-order valence-corrected chi connectivity index (χ2v) is 4.88. The lowest BCUT2D eigenvalue weighted by Crippen LogP contribution is -2.21. The maximum Gasteiger partial charge on any atom is 0.0798 e. The summed E-state index contributed by atoms with van der Waals surface area (Å²) in [5.41, 5.74) is 3.46. The van der Waals surface area contributed by atoms with Crippen LogP contribution in [0.3, 0.4) is 0 Å². The Labute approximate surface area is 109 Å². The summed E-state index contributed by atoms with van der Waals surface area (Å²) in [5.74, 6) is 0. The predicted octanol–water partition coefficient (Wildman–Crippen LogP) is 2.19. The molecule has 0 saturated heterocycles. The van der Waals surface area contributed by atoms with Gasteiger partial charge in [-0.15, -0.1) is 5.10 Å². The largest absolute Gasteiger partial charge is 0.308 e. The van der Waals surface area contributed by atoms with Gasteiger partial charge in [-0.2, -0.15) is 0 Å². The van der Waals surface area contributed by atoms with Crippen molar-refractivity contribution in [1.82, 2.24) is 20.3 Å². The average Bonchev–Trinajstić information content (AvgIpc) is 2.69. The number of nitrogens with zero attached hydrogens (tertiary/aromatic N) is 3. The average molecular weight is 295 g/mol. The van der Waals surface area contributed by atoms with E-state index in [4.69, 9.17) is 0 Å². The number of aromatic nitrogens is 3. The minimum atomic E-state index is 0.0879. The van der Waals surface area contributed by atoms with E-state index in [1.54, 1.807) is 10.9 Å². The van der Waals surface area contributed by atoms with Crippen LogP contribution in [0.25, 0.3) is 0 Å². The molecule has 0 fully saturated rings. The summed E-state index contributed by atoms with van der Waals surface area (Å²) in [7, 11) is 3.83. The first kappa shape index (κ1) is 12.3. The van der Waals surface area contributed by atoms with Crippen molar-refractivity contribution in [2.45, 2.75) is 13.0 Å². The summed E-state index contributed by atoms with van der Waals surface area (Å²) < 4.78 is 2.88. The van der Waals surface area contributed by atoms with Crippen LogP contribution >= 0.6 is 15.9 Å². The summed E-state index contributed by atoms with van der Waals surface area (Å²) in [4.78, 5) is 0. The van der Waals surface area contributed by atoms with Gasteiger partial charge >= 0.3 is 0 Å². The van der Waals surface area contributed by atoms with E-state index in [0.29, 0.717) is 0 Å². The number of benzene rings is 1. The zero-order chi connectivity index (χ0) is 12.4. The molecular weight excluding hydrogens is 280 g/mol. The lowest BCUT2D eigenvalue weighted by Gasteiger charge is -2.18. The van der Waals surface area contributed by atoms with Gasteiger partial charge in [-0.1, -0.05) is 33.3 Å². The Bertz CT molecular complexity index is 521. The number of rotatable bonds is 3. The number of aryl methyl sites for hydroxylation is 2. The molecule has 90 valence electrons. The fourth-order valence-corrected chi connectivity index (χ4v) is 2.61. The standard InChI is InChI=1S/C12H15BrN4/c1-8-4-5-9(10(13)6-8)12(14-2)11-7-15-16-17(11)3/h4-7,12,14H,1-3H3. The Kier molecular flexibility index (Phi) is 3.59. The zero-order valence-electron chi connectivity index (χ0n) is 10.1. The molecule has 1 heterocycles. The first-order chi connectivity index (χ1) is 8.13. The third-order valence-electron chi connectivity index (χ3n) is 2.80. The molecule has 1 aromatic carbocycles. The molecule has 17 heavy (non-hydrogen) atoms. The summed E-state index contributed by atoms with van der Waals surface area (Å²) in [5, 5.41) is 11.2. The van der Waals surface area contributed by atoms with E-state index >= 15 is 0 Å². The molecule has 1 aromatic heterocycles. The molecule has 1 N–H and O–H groups in total. The van der Waals surface area contributed by atoms with Crippen LogP contribution < -0.4 is 5.32 Å². The van der Waals surface area contributed by atoms with E-state index < -0.39 is 0 Å². The summed E-state index contributed by atoms with van der Waals surface area (Å²) >= 11 is 3.61. The van der Waals surface area contributed by atoms with Crippen molar-refractivity contribution in [3.63, 3.8) is 0 Å². The van der Waals surface area contributed by atoms with Gasteiger partial charge in [-0.05, 0) is 31.2 Å². The second-order valence-electron chi connectivity index (χ2n) is 4.03. The molecule has 1 atom stereocenters. The van der Waals surface area contributed by atoms with Gasteiger partial charge in [-0.3, -0.25) is 4.68 Å². The van der Waals surface area contributed by atoms with Gasteiger partial charge in [-0.25, -0.2) is 0 Å². The molecule has 4 nitrogen and oxygen atoms in total. The van der Waals surface area contributed by atoms with E-state index in [0.717, 1.165) is 10.2 Å². The normalized spacial score (nSPS) is 12.7. The van der Waals surface area contributed by atoms with Crippen molar-refractivity contribution in [3.8, 4) is 0 Å². The van der Waals surface area contributed by atoms with Gasteiger partial charge in [0.25, 0.3) is 0 Å². The van der Waals surface area contributed by atoms with E-state index in [2.05, 4.69) is 56.7 Å². The van der Waals surface area contributed by atoms with Crippen LogP contribution in [0.4, 0.5) is 0 Å². The lowest BCUT2D eigenvalue weighted by molar-refractivity contribution is 0.596. The fraction of sp³-hybridized carbons (Fsp3) is 0.333. The number of hydrogen-bond acceptors (Lipinski definition) is 3. The third-order valence-corrected chi connectivity index (χ3v) is 3.49. The van der Waals surface area contributed by atoms with E-state index in [-0.39, 0.29) is 6.04 Å². The quantitative estimate of drug-likeness (QED) is 0.944. The first-order valence-electron chi connectivity index (χ1n) is 5.41. The van der Waals surface area contributed by atoms with E-state index in [1.807, 2.05) is 14.1 Å². The molecule has 5 heteroatoms. The Morgan fingerprint density at radius 2 is 2.18 bits per heavy atom. The highest BCUT2D eigenvalue weighted by Crippen LogP contribution is 2.28. The van der Waals surface area contributed by atoms with Crippen LogP contribution in [0, 0.1) is 6.92 Å². The SMILES string of the molecule is CNC(c1ccc(C)cc1Br)c1cnnn1C. The lowest BCUT2D eigenvalue weighted by atomic mass is 10.0. The van der Waals surface area contributed by atoms with Gasteiger partial charge in [0.05, 0.1) is 17.9 Å². The molecule has 0 spiro atoms. The highest BCUT2D eigenvalue weighted by atomic mass is 79.9. The Balaban J connectivity index is 2.46.